The summed E-state index contributed by atoms with van der Waals surface area (Å²) in [5, 5.41) is 18.6. The third kappa shape index (κ3) is 1.22. The van der Waals surface area contributed by atoms with Crippen molar-refractivity contribution in [3.63, 3.8) is 0 Å². The second kappa shape index (κ2) is 3.12. The summed E-state index contributed by atoms with van der Waals surface area (Å²) in [6, 6.07) is 5.48. The number of aliphatic hydroxyl groups excluding tert-OH is 1. The van der Waals surface area contributed by atoms with E-state index in [0.717, 1.165) is 11.3 Å². The Kier molecular flexibility index (Phi) is 2.06. The fraction of sp³-hybridized carbons (Fsp3) is 0.273. The van der Waals surface area contributed by atoms with Crippen LogP contribution in [0.4, 0.5) is 5.69 Å². The van der Waals surface area contributed by atoms with E-state index in [1.165, 1.54) is 0 Å². The summed E-state index contributed by atoms with van der Waals surface area (Å²) in [5.41, 5.74) is 1.91. The van der Waals surface area contributed by atoms with E-state index in [1.54, 1.807) is 6.07 Å². The highest BCUT2D eigenvalue weighted by Gasteiger charge is 2.30. The van der Waals surface area contributed by atoms with E-state index in [-0.39, 0.29) is 6.61 Å². The Morgan fingerprint density at radius 1 is 1.36 bits per heavy atom. The molecule has 1 unspecified atom stereocenters. The van der Waals surface area contributed by atoms with Crippen molar-refractivity contribution in [2.75, 3.05) is 20.2 Å². The van der Waals surface area contributed by atoms with E-state index in [0.29, 0.717) is 16.8 Å². The van der Waals surface area contributed by atoms with Gasteiger partial charge in [0.2, 0.25) is 0 Å². The van der Waals surface area contributed by atoms with Crippen LogP contribution in [0.1, 0.15) is 5.56 Å². The van der Waals surface area contributed by atoms with Crippen molar-refractivity contribution in [2.24, 2.45) is 0 Å². The van der Waals surface area contributed by atoms with Crippen molar-refractivity contribution in [2.45, 2.75) is 0 Å². The third-order valence-corrected chi connectivity index (χ3v) is 2.75. The summed E-state index contributed by atoms with van der Waals surface area (Å²) in [5.74, 6) is 0.304. The molecule has 0 bridgehead atoms. The Labute approximate surface area is 83.1 Å². The van der Waals surface area contributed by atoms with Crippen LogP contribution in [0.2, 0.25) is 0 Å². The van der Waals surface area contributed by atoms with Gasteiger partial charge >= 0.3 is 0 Å². The number of phenolic OH excluding ortho intramolecular Hbond substituents is 1. The molecule has 0 spiro atoms. The average molecular weight is 192 g/mol. The molecule has 1 aliphatic heterocycles. The predicted molar refractivity (Wildman–Crippen MR) is 56.8 cm³/mol. The fourth-order valence-electron chi connectivity index (χ4n) is 1.88. The zero-order valence-electron chi connectivity index (χ0n) is 8.14. The predicted octanol–water partition coefficient (Wildman–Crippen LogP) is 1.31. The molecule has 1 atom stereocenters. The monoisotopic (exact) mass is 192 g/mol. The highest BCUT2D eigenvalue weighted by atomic mass is 16.3. The standard InChI is InChI=1S/C11H13NO2/c1-12(7-8-13)6-5-9-10(12)3-2-4-11(9)14/h2-6,13H,7-8H2,1H3/p+1. The highest BCUT2D eigenvalue weighted by Crippen LogP contribution is 2.38. The molecule has 2 N–H and O–H groups in total. The van der Waals surface area contributed by atoms with E-state index >= 15 is 0 Å². The van der Waals surface area contributed by atoms with Crippen molar-refractivity contribution in [1.29, 1.82) is 0 Å². The molecule has 3 nitrogen and oxygen atoms in total. The van der Waals surface area contributed by atoms with Gasteiger partial charge in [0.15, 0.2) is 0 Å². The number of aliphatic hydroxyl groups is 1. The van der Waals surface area contributed by atoms with E-state index in [1.807, 2.05) is 31.5 Å². The number of phenols is 1. The van der Waals surface area contributed by atoms with Gasteiger partial charge in [-0.1, -0.05) is 6.07 Å². The number of benzene rings is 1. The van der Waals surface area contributed by atoms with E-state index in [4.69, 9.17) is 5.11 Å². The average Bonchev–Trinajstić information content (AvgIpc) is 2.47. The minimum absolute atomic E-state index is 0.135. The molecule has 1 heterocycles. The van der Waals surface area contributed by atoms with Crippen LogP contribution in [0, 0.1) is 0 Å². The lowest BCUT2D eigenvalue weighted by Gasteiger charge is -2.26. The number of hydrogen-bond acceptors (Lipinski definition) is 2. The molecule has 14 heavy (non-hydrogen) atoms. The Hall–Kier alpha value is -1.32. The second-order valence-electron chi connectivity index (χ2n) is 3.74. The molecule has 0 aliphatic carbocycles. The maximum atomic E-state index is 9.61. The minimum atomic E-state index is 0.135. The Bertz CT molecular complexity index is 387. The summed E-state index contributed by atoms with van der Waals surface area (Å²) in [7, 11) is 2.01. The normalized spacial score (nSPS) is 23.9. The molecule has 1 aromatic carbocycles. The molecule has 74 valence electrons. The number of hydrogen-bond donors (Lipinski definition) is 2. The van der Waals surface area contributed by atoms with Gasteiger partial charge in [-0.2, -0.15) is 0 Å². The van der Waals surface area contributed by atoms with Crippen LogP contribution in [0.5, 0.6) is 5.75 Å². The van der Waals surface area contributed by atoms with Crippen molar-refractivity contribution in [1.82, 2.24) is 4.48 Å². The number of rotatable bonds is 2. The molecule has 3 heteroatoms. The van der Waals surface area contributed by atoms with E-state index < -0.39 is 0 Å². The lowest BCUT2D eigenvalue weighted by molar-refractivity contribution is 0.255. The number of aromatic hydroxyl groups is 1. The van der Waals surface area contributed by atoms with Gasteiger partial charge in [0, 0.05) is 12.1 Å². The number of quaternary nitrogens is 1. The third-order valence-electron chi connectivity index (χ3n) is 2.75. The number of fused-ring (bicyclic) bond motifs is 1. The van der Waals surface area contributed by atoms with Crippen LogP contribution >= 0.6 is 0 Å². The lowest BCUT2D eigenvalue weighted by Crippen LogP contribution is -2.40. The van der Waals surface area contributed by atoms with Gasteiger partial charge in [0.1, 0.15) is 24.2 Å². The molecule has 2 rings (SSSR count). The maximum absolute atomic E-state index is 9.61. The SMILES string of the molecule is C[N+]1(CCO)C=Cc2c(O)cccc21. The van der Waals surface area contributed by atoms with Gasteiger partial charge in [-0.3, -0.25) is 4.48 Å². The van der Waals surface area contributed by atoms with Crippen LogP contribution in [-0.4, -0.2) is 30.4 Å². The Morgan fingerprint density at radius 3 is 2.86 bits per heavy atom. The summed E-state index contributed by atoms with van der Waals surface area (Å²) in [6.45, 7) is 0.767. The second-order valence-corrected chi connectivity index (χ2v) is 3.74. The molecule has 0 saturated heterocycles. The summed E-state index contributed by atoms with van der Waals surface area (Å²) in [4.78, 5) is 0. The fourth-order valence-corrected chi connectivity index (χ4v) is 1.88. The lowest BCUT2D eigenvalue weighted by atomic mass is 10.1. The zero-order valence-corrected chi connectivity index (χ0v) is 8.14. The molecule has 0 aromatic heterocycles. The Balaban J connectivity index is 2.49. The first kappa shape index (κ1) is 9.24. The van der Waals surface area contributed by atoms with E-state index in [9.17, 15) is 5.11 Å². The molecular formula is C11H14NO2+. The van der Waals surface area contributed by atoms with Gasteiger partial charge in [0.25, 0.3) is 0 Å². The first-order chi connectivity index (χ1) is 6.67. The van der Waals surface area contributed by atoms with Crippen LogP contribution < -0.4 is 4.48 Å². The van der Waals surface area contributed by atoms with Crippen LogP contribution in [0.25, 0.3) is 6.08 Å². The quantitative estimate of drug-likeness (QED) is 0.693. The highest BCUT2D eigenvalue weighted by molar-refractivity contribution is 5.77. The van der Waals surface area contributed by atoms with Crippen LogP contribution in [0.15, 0.2) is 24.4 Å². The summed E-state index contributed by atoms with van der Waals surface area (Å²) >= 11 is 0. The molecule has 1 aromatic rings. The minimum Gasteiger partial charge on any atom is -0.507 e. The molecule has 0 fully saturated rings. The number of likely N-dealkylation sites (N-methyl/N-ethyl adjacent to an activating group) is 1. The van der Waals surface area contributed by atoms with Crippen molar-refractivity contribution >= 4 is 11.8 Å². The van der Waals surface area contributed by atoms with E-state index in [2.05, 4.69) is 0 Å². The molecule has 0 amide bonds. The molecule has 1 aliphatic rings. The molecule has 0 radical (unpaired) electrons. The van der Waals surface area contributed by atoms with Crippen LogP contribution in [0.3, 0.4) is 0 Å². The molecule has 0 saturated carbocycles. The summed E-state index contributed by atoms with van der Waals surface area (Å²) < 4.78 is 0.556. The van der Waals surface area contributed by atoms with Gasteiger partial charge in [-0.15, -0.1) is 0 Å². The number of nitrogens with zero attached hydrogens (tertiary/aromatic N) is 1. The largest absolute Gasteiger partial charge is 0.507 e. The van der Waals surface area contributed by atoms with Gasteiger partial charge in [-0.25, -0.2) is 0 Å². The van der Waals surface area contributed by atoms with Gasteiger partial charge in [0.05, 0.1) is 19.2 Å². The van der Waals surface area contributed by atoms with Crippen LogP contribution in [-0.2, 0) is 0 Å². The van der Waals surface area contributed by atoms with Gasteiger partial charge in [-0.05, 0) is 6.07 Å². The molecular weight excluding hydrogens is 178 g/mol. The van der Waals surface area contributed by atoms with Crippen molar-refractivity contribution in [3.05, 3.63) is 30.0 Å². The van der Waals surface area contributed by atoms with Crippen molar-refractivity contribution < 1.29 is 10.2 Å². The zero-order chi connectivity index (χ0) is 10.2. The smallest absolute Gasteiger partial charge is 0.148 e. The van der Waals surface area contributed by atoms with Gasteiger partial charge < -0.3 is 10.2 Å². The first-order valence-electron chi connectivity index (χ1n) is 4.65. The van der Waals surface area contributed by atoms with Crippen molar-refractivity contribution in [3.8, 4) is 5.75 Å². The Morgan fingerprint density at radius 2 is 2.14 bits per heavy atom. The topological polar surface area (TPSA) is 40.5 Å². The summed E-state index contributed by atoms with van der Waals surface area (Å²) in [6.07, 6.45) is 3.89. The first-order valence-corrected chi connectivity index (χ1v) is 4.65. The maximum Gasteiger partial charge on any atom is 0.148 e.